The van der Waals surface area contributed by atoms with Crippen LogP contribution in [0.2, 0.25) is 0 Å². The van der Waals surface area contributed by atoms with Gasteiger partial charge in [0, 0.05) is 0 Å². The molecule has 0 bridgehead atoms. The second-order valence-electron chi connectivity index (χ2n) is 6.70. The Hall–Kier alpha value is -1.36. The van der Waals surface area contributed by atoms with E-state index in [4.69, 9.17) is 4.74 Å². The molecule has 1 rings (SSSR count). The Balaban J connectivity index is 2.86. The topological polar surface area (TPSA) is 75.6 Å². The highest BCUT2D eigenvalue weighted by atomic mass is 16.6. The number of carboxylic acid groups (broad SMARTS) is 1. The summed E-state index contributed by atoms with van der Waals surface area (Å²) in [7, 11) is 0. The van der Waals surface area contributed by atoms with Crippen LogP contribution in [-0.4, -0.2) is 34.2 Å². The molecule has 5 heteroatoms. The number of esters is 1. The van der Waals surface area contributed by atoms with E-state index in [0.717, 1.165) is 19.3 Å². The van der Waals surface area contributed by atoms with Crippen LogP contribution >= 0.6 is 0 Å². The van der Waals surface area contributed by atoms with Crippen molar-refractivity contribution in [2.24, 2.45) is 0 Å². The van der Waals surface area contributed by atoms with E-state index in [9.17, 15) is 14.7 Å². The summed E-state index contributed by atoms with van der Waals surface area (Å²) in [5.41, 5.74) is -1.62. The summed E-state index contributed by atoms with van der Waals surface area (Å²) < 4.78 is 5.38. The molecule has 0 aromatic heterocycles. The maximum Gasteiger partial charge on any atom is 0.324 e. The molecule has 1 atom stereocenters. The molecule has 2 N–H and O–H groups in total. The number of hydrogen-bond acceptors (Lipinski definition) is 4. The van der Waals surface area contributed by atoms with Gasteiger partial charge in [-0.05, 0) is 40.0 Å². The molecule has 5 nitrogen and oxygen atoms in total. The predicted molar refractivity (Wildman–Crippen MR) is 81.0 cm³/mol. The lowest BCUT2D eigenvalue weighted by molar-refractivity contribution is -0.159. The van der Waals surface area contributed by atoms with Crippen LogP contribution in [0.1, 0.15) is 59.3 Å². The van der Waals surface area contributed by atoms with Crippen molar-refractivity contribution in [1.82, 2.24) is 5.32 Å². The number of ether oxygens (including phenoxy) is 1. The zero-order chi connectivity index (χ0) is 16.1. The van der Waals surface area contributed by atoms with Crippen LogP contribution in [0.25, 0.3) is 0 Å². The van der Waals surface area contributed by atoms with Crippen molar-refractivity contribution in [3.05, 3.63) is 12.7 Å². The monoisotopic (exact) mass is 297 g/mol. The van der Waals surface area contributed by atoms with Gasteiger partial charge in [-0.2, -0.15) is 0 Å². The third-order valence-corrected chi connectivity index (χ3v) is 3.66. The molecule has 0 amide bonds. The Labute approximate surface area is 126 Å². The maximum absolute atomic E-state index is 12.3. The smallest absolute Gasteiger partial charge is 0.324 e. The average molecular weight is 297 g/mol. The average Bonchev–Trinajstić information content (AvgIpc) is 2.37. The summed E-state index contributed by atoms with van der Waals surface area (Å²) >= 11 is 0. The number of carbonyl (C=O) groups is 2. The normalized spacial score (nSPS) is 19.6. The first kappa shape index (κ1) is 17.7. The molecule has 1 unspecified atom stereocenters. The largest absolute Gasteiger partial charge is 0.480 e. The van der Waals surface area contributed by atoms with Crippen LogP contribution in [0.15, 0.2) is 12.7 Å². The first-order chi connectivity index (χ1) is 9.70. The highest BCUT2D eigenvalue weighted by Crippen LogP contribution is 2.29. The number of hydrogen-bond donors (Lipinski definition) is 2. The van der Waals surface area contributed by atoms with Gasteiger partial charge in [0.1, 0.15) is 17.2 Å². The quantitative estimate of drug-likeness (QED) is 0.582. The van der Waals surface area contributed by atoms with Gasteiger partial charge in [0.2, 0.25) is 0 Å². The molecule has 0 heterocycles. The molecule has 1 aliphatic rings. The first-order valence-corrected chi connectivity index (χ1v) is 7.55. The number of aliphatic carboxylic acids is 1. The van der Waals surface area contributed by atoms with Crippen molar-refractivity contribution in [3.63, 3.8) is 0 Å². The Morgan fingerprint density at radius 2 is 1.90 bits per heavy atom. The predicted octanol–water partition coefficient (Wildman–Crippen LogP) is 2.65. The summed E-state index contributed by atoms with van der Waals surface area (Å²) in [6, 6.07) is -0.670. The van der Waals surface area contributed by atoms with Crippen molar-refractivity contribution in [1.29, 1.82) is 0 Å². The van der Waals surface area contributed by atoms with Crippen LogP contribution in [-0.2, 0) is 14.3 Å². The fourth-order valence-electron chi connectivity index (χ4n) is 2.66. The summed E-state index contributed by atoms with van der Waals surface area (Å²) in [5, 5.41) is 12.6. The summed E-state index contributed by atoms with van der Waals surface area (Å²) in [4.78, 5) is 23.9. The van der Waals surface area contributed by atoms with Crippen LogP contribution in [0.3, 0.4) is 0 Å². The van der Waals surface area contributed by atoms with Gasteiger partial charge in [0.05, 0.1) is 0 Å². The second-order valence-corrected chi connectivity index (χ2v) is 6.70. The van der Waals surface area contributed by atoms with Crippen LogP contribution in [0.5, 0.6) is 0 Å². The minimum atomic E-state index is -1.02. The van der Waals surface area contributed by atoms with E-state index in [0.29, 0.717) is 19.3 Å². The van der Waals surface area contributed by atoms with E-state index >= 15 is 0 Å². The van der Waals surface area contributed by atoms with Crippen LogP contribution in [0.4, 0.5) is 0 Å². The third kappa shape index (κ3) is 5.16. The van der Waals surface area contributed by atoms with E-state index < -0.39 is 29.1 Å². The van der Waals surface area contributed by atoms with Gasteiger partial charge in [-0.15, -0.1) is 6.58 Å². The lowest BCUT2D eigenvalue weighted by Gasteiger charge is -2.37. The fraction of sp³-hybridized carbons (Fsp3) is 0.750. The Morgan fingerprint density at radius 3 is 2.33 bits per heavy atom. The molecule has 1 saturated carbocycles. The van der Waals surface area contributed by atoms with Gasteiger partial charge < -0.3 is 9.84 Å². The van der Waals surface area contributed by atoms with Gasteiger partial charge in [-0.1, -0.05) is 25.3 Å². The molecule has 0 saturated heterocycles. The van der Waals surface area contributed by atoms with E-state index in [-0.39, 0.29) is 0 Å². The van der Waals surface area contributed by atoms with Crippen LogP contribution < -0.4 is 5.32 Å². The molecule has 0 radical (unpaired) electrons. The minimum absolute atomic E-state index is 0.351. The number of carboxylic acids is 1. The van der Waals surface area contributed by atoms with Gasteiger partial charge in [0.15, 0.2) is 0 Å². The molecule has 120 valence electrons. The Bertz CT molecular complexity index is 392. The Kier molecular flexibility index (Phi) is 5.96. The van der Waals surface area contributed by atoms with Crippen molar-refractivity contribution in [2.45, 2.75) is 76.5 Å². The number of rotatable bonds is 6. The standard InChI is InChI=1S/C16H27NO4/c1-5-9-12(13(18)21-15(2,3)4)17-16(14(19)20)10-7-6-8-11-16/h5,12,17H,1,6-11H2,2-4H3,(H,19,20). The summed E-state index contributed by atoms with van der Waals surface area (Å²) in [5.74, 6) is -1.31. The number of nitrogens with one attached hydrogen (secondary N) is 1. The van der Waals surface area contributed by atoms with Gasteiger partial charge in [0.25, 0.3) is 0 Å². The van der Waals surface area contributed by atoms with Gasteiger partial charge in [-0.3, -0.25) is 14.9 Å². The molecular weight excluding hydrogens is 270 g/mol. The summed E-state index contributed by atoms with van der Waals surface area (Å²) in [6.07, 6.45) is 5.79. The number of carbonyl (C=O) groups excluding carboxylic acids is 1. The lowest BCUT2D eigenvalue weighted by atomic mass is 9.81. The highest BCUT2D eigenvalue weighted by Gasteiger charge is 2.42. The molecule has 0 aromatic rings. The molecular formula is C16H27NO4. The van der Waals surface area contributed by atoms with Gasteiger partial charge in [-0.25, -0.2) is 0 Å². The maximum atomic E-state index is 12.3. The fourth-order valence-corrected chi connectivity index (χ4v) is 2.66. The third-order valence-electron chi connectivity index (χ3n) is 3.66. The van der Waals surface area contributed by atoms with Crippen molar-refractivity contribution in [2.75, 3.05) is 0 Å². The SMILES string of the molecule is C=CCC(NC1(C(=O)O)CCCCC1)C(=O)OC(C)(C)C. The zero-order valence-electron chi connectivity index (χ0n) is 13.3. The Morgan fingerprint density at radius 1 is 1.33 bits per heavy atom. The van der Waals surface area contributed by atoms with E-state index in [1.807, 2.05) is 0 Å². The van der Waals surface area contributed by atoms with Crippen molar-refractivity contribution in [3.8, 4) is 0 Å². The molecule has 0 aliphatic heterocycles. The van der Waals surface area contributed by atoms with Crippen molar-refractivity contribution < 1.29 is 19.4 Å². The zero-order valence-corrected chi connectivity index (χ0v) is 13.3. The minimum Gasteiger partial charge on any atom is -0.480 e. The molecule has 0 spiro atoms. The highest BCUT2D eigenvalue weighted by molar-refractivity contribution is 5.82. The van der Waals surface area contributed by atoms with Crippen molar-refractivity contribution >= 4 is 11.9 Å². The lowest BCUT2D eigenvalue weighted by Crippen LogP contribution is -2.59. The van der Waals surface area contributed by atoms with E-state index in [1.165, 1.54) is 0 Å². The first-order valence-electron chi connectivity index (χ1n) is 7.55. The molecule has 1 fully saturated rings. The summed E-state index contributed by atoms with van der Waals surface area (Å²) in [6.45, 7) is 9.03. The van der Waals surface area contributed by atoms with Crippen LogP contribution in [0, 0.1) is 0 Å². The van der Waals surface area contributed by atoms with E-state index in [1.54, 1.807) is 26.8 Å². The second kappa shape index (κ2) is 7.07. The molecule has 0 aromatic carbocycles. The van der Waals surface area contributed by atoms with E-state index in [2.05, 4.69) is 11.9 Å². The van der Waals surface area contributed by atoms with Gasteiger partial charge >= 0.3 is 11.9 Å². The molecule has 21 heavy (non-hydrogen) atoms. The molecule has 1 aliphatic carbocycles.